The molecule has 1 aliphatic heterocycles. The average Bonchev–Trinajstić information content (AvgIpc) is 2.60. The molecule has 0 radical (unpaired) electrons. The molecule has 114 valence electrons. The van der Waals surface area contributed by atoms with E-state index in [9.17, 15) is 20.0 Å². The van der Waals surface area contributed by atoms with E-state index in [0.29, 0.717) is 31.5 Å². The van der Waals surface area contributed by atoms with E-state index in [2.05, 4.69) is 0 Å². The average molecular weight is 292 g/mol. The molecule has 6 heteroatoms. The minimum Gasteiger partial charge on any atom is -0.390 e. The van der Waals surface area contributed by atoms with Crippen LogP contribution in [0.1, 0.15) is 31.7 Å². The Morgan fingerprint density at radius 2 is 2.10 bits per heavy atom. The summed E-state index contributed by atoms with van der Waals surface area (Å²) in [4.78, 5) is 24.5. The van der Waals surface area contributed by atoms with Crippen molar-refractivity contribution in [2.75, 3.05) is 13.1 Å². The number of carbonyl (C=O) groups excluding carboxylic acids is 1. The smallest absolute Gasteiger partial charge is 0.273 e. The lowest BCUT2D eigenvalue weighted by atomic mass is 9.98. The van der Waals surface area contributed by atoms with Crippen molar-refractivity contribution in [3.8, 4) is 0 Å². The number of carbonyl (C=O) groups is 1. The van der Waals surface area contributed by atoms with Gasteiger partial charge in [0.05, 0.1) is 16.9 Å². The van der Waals surface area contributed by atoms with Gasteiger partial charge in [0.25, 0.3) is 5.69 Å². The van der Waals surface area contributed by atoms with Gasteiger partial charge in [-0.2, -0.15) is 0 Å². The number of nitro benzene ring substituents is 1. The fraction of sp³-hybridized carbons (Fsp3) is 0.533. The summed E-state index contributed by atoms with van der Waals surface area (Å²) < 4.78 is 0. The summed E-state index contributed by atoms with van der Waals surface area (Å²) in [6, 6.07) is 6.32. The Hall–Kier alpha value is -1.95. The highest BCUT2D eigenvalue weighted by Gasteiger charge is 2.27. The number of hydrogen-bond donors (Lipinski definition) is 1. The zero-order chi connectivity index (χ0) is 15.5. The molecule has 1 atom stereocenters. The molecule has 1 N–H and O–H groups in total. The first kappa shape index (κ1) is 15.4. The van der Waals surface area contributed by atoms with Crippen molar-refractivity contribution in [1.82, 2.24) is 4.90 Å². The van der Waals surface area contributed by atoms with Gasteiger partial charge in [0.15, 0.2) is 0 Å². The Morgan fingerprint density at radius 3 is 2.81 bits per heavy atom. The summed E-state index contributed by atoms with van der Waals surface area (Å²) >= 11 is 0. The summed E-state index contributed by atoms with van der Waals surface area (Å²) in [5, 5.41) is 21.0. The number of likely N-dealkylation sites (tertiary alicyclic amines) is 1. The Bertz CT molecular complexity index is 542. The van der Waals surface area contributed by atoms with Crippen LogP contribution in [0.15, 0.2) is 24.3 Å². The van der Waals surface area contributed by atoms with E-state index in [0.717, 1.165) is 6.42 Å². The second-order valence-corrected chi connectivity index (χ2v) is 5.79. The van der Waals surface area contributed by atoms with Gasteiger partial charge in [-0.05, 0) is 26.2 Å². The lowest BCUT2D eigenvalue weighted by molar-refractivity contribution is -0.385. The third-order valence-electron chi connectivity index (χ3n) is 3.95. The highest BCUT2D eigenvalue weighted by molar-refractivity contribution is 5.80. The van der Waals surface area contributed by atoms with Crippen LogP contribution in [-0.2, 0) is 11.2 Å². The third kappa shape index (κ3) is 4.01. The van der Waals surface area contributed by atoms with Crippen molar-refractivity contribution in [3.05, 3.63) is 39.9 Å². The first-order valence-electron chi connectivity index (χ1n) is 7.11. The molecule has 1 heterocycles. The van der Waals surface area contributed by atoms with Crippen LogP contribution in [0.2, 0.25) is 0 Å². The number of nitrogens with zero attached hydrogens (tertiary/aromatic N) is 2. The van der Waals surface area contributed by atoms with Crippen LogP contribution in [0.4, 0.5) is 5.69 Å². The Morgan fingerprint density at radius 1 is 1.38 bits per heavy atom. The first-order valence-corrected chi connectivity index (χ1v) is 7.11. The summed E-state index contributed by atoms with van der Waals surface area (Å²) in [5.41, 5.74) is -0.315. The van der Waals surface area contributed by atoms with E-state index in [-0.39, 0.29) is 18.0 Å². The summed E-state index contributed by atoms with van der Waals surface area (Å²) in [6.45, 7) is 2.87. The fourth-order valence-corrected chi connectivity index (χ4v) is 2.63. The Balaban J connectivity index is 2.06. The molecule has 0 aliphatic carbocycles. The van der Waals surface area contributed by atoms with Gasteiger partial charge >= 0.3 is 0 Å². The molecule has 1 aromatic carbocycles. The number of hydrogen-bond acceptors (Lipinski definition) is 4. The van der Waals surface area contributed by atoms with Crippen molar-refractivity contribution in [1.29, 1.82) is 0 Å². The van der Waals surface area contributed by atoms with Crippen LogP contribution in [-0.4, -0.2) is 39.5 Å². The highest BCUT2D eigenvalue weighted by Crippen LogP contribution is 2.23. The molecule has 6 nitrogen and oxygen atoms in total. The standard InChI is InChI=1S/C15H20N2O4/c1-15(19)7-4-9-16(10-8-15)14(18)11-12-5-2-3-6-13(12)17(20)21/h2-3,5-6,19H,4,7-11H2,1H3. The lowest BCUT2D eigenvalue weighted by Crippen LogP contribution is -2.34. The van der Waals surface area contributed by atoms with Crippen molar-refractivity contribution >= 4 is 11.6 Å². The third-order valence-corrected chi connectivity index (χ3v) is 3.95. The highest BCUT2D eigenvalue weighted by atomic mass is 16.6. The molecule has 0 saturated carbocycles. The number of benzene rings is 1. The zero-order valence-electron chi connectivity index (χ0n) is 12.1. The molecule has 2 rings (SSSR count). The molecule has 0 bridgehead atoms. The predicted octanol–water partition coefficient (Wildman–Crippen LogP) is 1.90. The van der Waals surface area contributed by atoms with E-state index >= 15 is 0 Å². The maximum Gasteiger partial charge on any atom is 0.273 e. The summed E-state index contributed by atoms with van der Waals surface area (Å²) in [5.74, 6) is -0.123. The Labute approximate surface area is 123 Å². The SMILES string of the molecule is CC1(O)CCCN(C(=O)Cc2ccccc2[N+](=O)[O-])CC1. The number of rotatable bonds is 3. The monoisotopic (exact) mass is 292 g/mol. The van der Waals surface area contributed by atoms with E-state index < -0.39 is 10.5 Å². The van der Waals surface area contributed by atoms with Crippen molar-refractivity contribution in [2.45, 2.75) is 38.2 Å². The van der Waals surface area contributed by atoms with E-state index in [1.165, 1.54) is 6.07 Å². The minimum atomic E-state index is -0.728. The molecule has 1 unspecified atom stereocenters. The van der Waals surface area contributed by atoms with Crippen molar-refractivity contribution in [2.24, 2.45) is 0 Å². The second-order valence-electron chi connectivity index (χ2n) is 5.79. The van der Waals surface area contributed by atoms with Crippen LogP contribution >= 0.6 is 0 Å². The number of nitro groups is 1. The zero-order valence-corrected chi connectivity index (χ0v) is 12.1. The van der Waals surface area contributed by atoms with Gasteiger partial charge in [0, 0.05) is 24.7 Å². The molecular formula is C15H20N2O4. The summed E-state index contributed by atoms with van der Waals surface area (Å²) in [6.07, 6.45) is 1.98. The Kier molecular flexibility index (Phi) is 4.57. The number of para-hydroxylation sites is 1. The maximum absolute atomic E-state index is 12.3. The van der Waals surface area contributed by atoms with Crippen LogP contribution in [0, 0.1) is 10.1 Å². The van der Waals surface area contributed by atoms with Gasteiger partial charge in [0.1, 0.15) is 0 Å². The molecular weight excluding hydrogens is 272 g/mol. The lowest BCUT2D eigenvalue weighted by Gasteiger charge is -2.22. The summed E-state index contributed by atoms with van der Waals surface area (Å²) in [7, 11) is 0. The molecule has 0 spiro atoms. The molecule has 21 heavy (non-hydrogen) atoms. The molecule has 1 aliphatic rings. The topological polar surface area (TPSA) is 83.7 Å². The van der Waals surface area contributed by atoms with Gasteiger partial charge in [-0.15, -0.1) is 0 Å². The minimum absolute atomic E-state index is 0.0207. The number of amides is 1. The molecule has 0 aromatic heterocycles. The van der Waals surface area contributed by atoms with Gasteiger partial charge in [0.2, 0.25) is 5.91 Å². The fourth-order valence-electron chi connectivity index (χ4n) is 2.63. The quantitative estimate of drug-likeness (QED) is 0.681. The predicted molar refractivity (Wildman–Crippen MR) is 77.9 cm³/mol. The van der Waals surface area contributed by atoms with E-state index in [4.69, 9.17) is 0 Å². The first-order chi connectivity index (χ1) is 9.89. The van der Waals surface area contributed by atoms with Crippen LogP contribution in [0.5, 0.6) is 0 Å². The van der Waals surface area contributed by atoms with E-state index in [1.54, 1.807) is 30.0 Å². The number of aliphatic hydroxyl groups is 1. The van der Waals surface area contributed by atoms with Gasteiger partial charge in [-0.25, -0.2) is 0 Å². The molecule has 1 aromatic rings. The largest absolute Gasteiger partial charge is 0.390 e. The van der Waals surface area contributed by atoms with Crippen LogP contribution in [0.3, 0.4) is 0 Å². The maximum atomic E-state index is 12.3. The van der Waals surface area contributed by atoms with Crippen LogP contribution < -0.4 is 0 Å². The normalized spacial score (nSPS) is 22.7. The molecule has 1 fully saturated rings. The van der Waals surface area contributed by atoms with Crippen molar-refractivity contribution < 1.29 is 14.8 Å². The van der Waals surface area contributed by atoms with Gasteiger partial charge in [-0.3, -0.25) is 14.9 Å². The molecule has 1 amide bonds. The van der Waals surface area contributed by atoms with Crippen molar-refractivity contribution in [3.63, 3.8) is 0 Å². The van der Waals surface area contributed by atoms with Crippen LogP contribution in [0.25, 0.3) is 0 Å². The van der Waals surface area contributed by atoms with E-state index in [1.807, 2.05) is 0 Å². The van der Waals surface area contributed by atoms with Gasteiger partial charge < -0.3 is 10.0 Å². The molecule has 1 saturated heterocycles. The second kappa shape index (κ2) is 6.22. The van der Waals surface area contributed by atoms with Gasteiger partial charge in [-0.1, -0.05) is 18.2 Å².